The van der Waals surface area contributed by atoms with Gasteiger partial charge in [0.1, 0.15) is 0 Å². The van der Waals surface area contributed by atoms with Crippen LogP contribution < -0.4 is 0 Å². The van der Waals surface area contributed by atoms with Gasteiger partial charge in [-0.2, -0.15) is 4.31 Å². The molecule has 0 spiro atoms. The number of halogens is 1. The predicted molar refractivity (Wildman–Crippen MR) is 82.5 cm³/mol. The number of alkyl halides is 1. The first-order chi connectivity index (χ1) is 9.48. The van der Waals surface area contributed by atoms with Crippen molar-refractivity contribution in [1.29, 1.82) is 0 Å². The first kappa shape index (κ1) is 15.8. The van der Waals surface area contributed by atoms with Gasteiger partial charge in [-0.1, -0.05) is 19.4 Å². The molecule has 0 radical (unpaired) electrons. The molecule has 0 saturated carbocycles. The third-order valence-electron chi connectivity index (χ3n) is 4.05. The molecule has 1 aromatic rings. The molecular weight excluding hydrogens is 294 g/mol. The highest BCUT2D eigenvalue weighted by molar-refractivity contribution is 7.89. The van der Waals surface area contributed by atoms with Crippen molar-refractivity contribution in [3.8, 4) is 0 Å². The summed E-state index contributed by atoms with van der Waals surface area (Å²) in [6, 6.07) is 5.24. The molecule has 5 heteroatoms. The molecule has 20 heavy (non-hydrogen) atoms. The van der Waals surface area contributed by atoms with Crippen LogP contribution in [0.5, 0.6) is 0 Å². The lowest BCUT2D eigenvalue weighted by Gasteiger charge is -2.17. The van der Waals surface area contributed by atoms with Gasteiger partial charge >= 0.3 is 0 Å². The van der Waals surface area contributed by atoms with Gasteiger partial charge in [0.15, 0.2) is 0 Å². The zero-order chi connectivity index (χ0) is 14.8. The smallest absolute Gasteiger partial charge is 0.207 e. The van der Waals surface area contributed by atoms with Gasteiger partial charge in [-0.15, -0.1) is 11.6 Å². The van der Waals surface area contributed by atoms with Crippen molar-refractivity contribution in [2.75, 3.05) is 13.1 Å². The van der Waals surface area contributed by atoms with E-state index in [9.17, 15) is 8.42 Å². The van der Waals surface area contributed by atoms with Crippen LogP contribution in [-0.4, -0.2) is 25.8 Å². The lowest BCUT2D eigenvalue weighted by Crippen LogP contribution is -2.29. The second-order valence-corrected chi connectivity index (χ2v) is 7.73. The van der Waals surface area contributed by atoms with Crippen LogP contribution in [0, 0.1) is 12.8 Å². The Hall–Kier alpha value is -0.580. The number of nitrogens with zero attached hydrogens (tertiary/aromatic N) is 1. The molecule has 1 saturated heterocycles. The van der Waals surface area contributed by atoms with Gasteiger partial charge in [-0.3, -0.25) is 0 Å². The number of aryl methyl sites for hydroxylation is 1. The topological polar surface area (TPSA) is 37.4 Å². The molecule has 3 nitrogen and oxygen atoms in total. The van der Waals surface area contributed by atoms with Crippen LogP contribution in [0.2, 0.25) is 0 Å². The summed E-state index contributed by atoms with van der Waals surface area (Å²) < 4.78 is 26.9. The third-order valence-corrected chi connectivity index (χ3v) is 6.20. The van der Waals surface area contributed by atoms with Crippen molar-refractivity contribution >= 4 is 21.6 Å². The summed E-state index contributed by atoms with van der Waals surface area (Å²) in [6.07, 6.45) is 3.19. The van der Waals surface area contributed by atoms with Crippen LogP contribution in [0.4, 0.5) is 0 Å². The van der Waals surface area contributed by atoms with E-state index in [4.69, 9.17) is 11.6 Å². The fraction of sp³-hybridized carbons (Fsp3) is 0.600. The van der Waals surface area contributed by atoms with Crippen molar-refractivity contribution in [1.82, 2.24) is 4.31 Å². The molecule has 112 valence electrons. The van der Waals surface area contributed by atoms with Gasteiger partial charge in [-0.25, -0.2) is 8.42 Å². The molecule has 1 aromatic carbocycles. The average Bonchev–Trinajstić information content (AvgIpc) is 2.89. The van der Waals surface area contributed by atoms with Gasteiger partial charge in [0, 0.05) is 19.0 Å². The molecule has 0 N–H and O–H groups in total. The number of sulfonamides is 1. The highest BCUT2D eigenvalue weighted by Crippen LogP contribution is 2.28. The molecule has 1 atom stereocenters. The molecular formula is C15H22ClNO2S. The normalized spacial score (nSPS) is 20.4. The first-order valence-electron chi connectivity index (χ1n) is 7.14. The lowest BCUT2D eigenvalue weighted by molar-refractivity contribution is 0.444. The van der Waals surface area contributed by atoms with Crippen LogP contribution in [0.25, 0.3) is 0 Å². The summed E-state index contributed by atoms with van der Waals surface area (Å²) in [6.45, 7) is 5.38. The maximum atomic E-state index is 12.6. The van der Waals surface area contributed by atoms with E-state index in [2.05, 4.69) is 6.92 Å². The van der Waals surface area contributed by atoms with Crippen LogP contribution in [0.1, 0.15) is 37.3 Å². The fourth-order valence-corrected chi connectivity index (χ4v) is 4.63. The molecule has 1 aliphatic rings. The minimum absolute atomic E-state index is 0.341. The molecule has 1 unspecified atom stereocenters. The number of hydrogen-bond donors (Lipinski definition) is 0. The van der Waals surface area contributed by atoms with Crippen LogP contribution in [0.15, 0.2) is 23.1 Å². The van der Waals surface area contributed by atoms with Gasteiger partial charge in [0.25, 0.3) is 0 Å². The molecule has 0 aliphatic carbocycles. The summed E-state index contributed by atoms with van der Waals surface area (Å²) >= 11 is 5.87. The highest BCUT2D eigenvalue weighted by atomic mass is 35.5. The van der Waals surface area contributed by atoms with E-state index in [1.807, 2.05) is 13.0 Å². The van der Waals surface area contributed by atoms with Crippen molar-refractivity contribution in [2.45, 2.75) is 43.9 Å². The molecule has 0 bridgehead atoms. The zero-order valence-electron chi connectivity index (χ0n) is 12.1. The zero-order valence-corrected chi connectivity index (χ0v) is 13.7. The Morgan fingerprint density at radius 3 is 2.80 bits per heavy atom. The quantitative estimate of drug-likeness (QED) is 0.779. The molecule has 1 aliphatic heterocycles. The molecule has 1 heterocycles. The standard InChI is InChI=1S/C15H22ClNO2S/c1-3-4-13-7-8-17(11-13)20(18,19)15-6-5-12(2)14(9-15)10-16/h5-6,9,13H,3-4,7-8,10-11H2,1-2H3. The largest absolute Gasteiger partial charge is 0.243 e. The Morgan fingerprint density at radius 2 is 2.15 bits per heavy atom. The van der Waals surface area contributed by atoms with Gasteiger partial charge in [0.2, 0.25) is 10.0 Å². The Labute approximate surface area is 127 Å². The second kappa shape index (κ2) is 6.46. The van der Waals surface area contributed by atoms with E-state index in [-0.39, 0.29) is 0 Å². The van der Waals surface area contributed by atoms with E-state index in [1.54, 1.807) is 16.4 Å². The summed E-state index contributed by atoms with van der Waals surface area (Å²) in [5.74, 6) is 0.848. The molecule has 1 fully saturated rings. The van der Waals surface area contributed by atoms with Crippen molar-refractivity contribution in [3.63, 3.8) is 0 Å². The van der Waals surface area contributed by atoms with Crippen molar-refractivity contribution in [2.24, 2.45) is 5.92 Å². The number of rotatable bonds is 5. The highest BCUT2D eigenvalue weighted by Gasteiger charge is 2.32. The summed E-state index contributed by atoms with van der Waals surface area (Å²) in [5, 5.41) is 0. The average molecular weight is 316 g/mol. The molecule has 0 amide bonds. The monoisotopic (exact) mass is 315 g/mol. The van der Waals surface area contributed by atoms with Crippen molar-refractivity contribution in [3.05, 3.63) is 29.3 Å². The van der Waals surface area contributed by atoms with E-state index < -0.39 is 10.0 Å². The van der Waals surface area contributed by atoms with Crippen LogP contribution in [0.3, 0.4) is 0 Å². The summed E-state index contributed by atoms with van der Waals surface area (Å²) in [4.78, 5) is 0.371. The fourth-order valence-electron chi connectivity index (χ4n) is 2.76. The first-order valence-corrected chi connectivity index (χ1v) is 9.12. The van der Waals surface area contributed by atoms with E-state index in [0.29, 0.717) is 29.8 Å². The van der Waals surface area contributed by atoms with Gasteiger partial charge in [-0.05, 0) is 48.9 Å². The number of benzene rings is 1. The van der Waals surface area contributed by atoms with E-state index >= 15 is 0 Å². The molecule has 2 rings (SSSR count). The van der Waals surface area contributed by atoms with Gasteiger partial charge in [0.05, 0.1) is 4.90 Å². The van der Waals surface area contributed by atoms with Crippen LogP contribution in [-0.2, 0) is 15.9 Å². The number of hydrogen-bond acceptors (Lipinski definition) is 2. The second-order valence-electron chi connectivity index (χ2n) is 5.53. The third kappa shape index (κ3) is 3.18. The summed E-state index contributed by atoms with van der Waals surface area (Å²) in [5.41, 5.74) is 1.92. The Bertz CT molecular complexity index is 571. The predicted octanol–water partition coefficient (Wildman–Crippen LogP) is 3.54. The Kier molecular flexibility index (Phi) is 5.10. The van der Waals surface area contributed by atoms with E-state index in [0.717, 1.165) is 30.4 Å². The SMILES string of the molecule is CCCC1CCN(S(=O)(=O)c2ccc(C)c(CCl)c2)C1. The minimum atomic E-state index is -3.36. The maximum absolute atomic E-state index is 12.6. The summed E-state index contributed by atoms with van der Waals surface area (Å²) in [7, 11) is -3.36. The van der Waals surface area contributed by atoms with Crippen molar-refractivity contribution < 1.29 is 8.42 Å². The van der Waals surface area contributed by atoms with Crippen LogP contribution >= 0.6 is 11.6 Å². The van der Waals surface area contributed by atoms with E-state index in [1.165, 1.54) is 0 Å². The Morgan fingerprint density at radius 1 is 1.40 bits per heavy atom. The lowest BCUT2D eigenvalue weighted by atomic mass is 10.0. The Balaban J connectivity index is 2.23. The van der Waals surface area contributed by atoms with Gasteiger partial charge < -0.3 is 0 Å². The maximum Gasteiger partial charge on any atom is 0.243 e. The minimum Gasteiger partial charge on any atom is -0.207 e. The molecule has 0 aromatic heterocycles.